The van der Waals surface area contributed by atoms with Gasteiger partial charge >= 0.3 is 0 Å². The molecule has 4 heteroatoms. The summed E-state index contributed by atoms with van der Waals surface area (Å²) >= 11 is 3.37. The molecule has 1 N–H and O–H groups in total. The molecule has 1 heterocycles. The molecule has 1 aromatic heterocycles. The van der Waals surface area contributed by atoms with Crippen LogP contribution in [0.15, 0.2) is 22.9 Å². The van der Waals surface area contributed by atoms with Crippen molar-refractivity contribution < 1.29 is 4.79 Å². The maximum atomic E-state index is 12.1. The summed E-state index contributed by atoms with van der Waals surface area (Å²) in [5.41, 5.74) is 0.607. The number of rotatable bonds is 2. The third-order valence-corrected chi connectivity index (χ3v) is 3.91. The second kappa shape index (κ2) is 4.53. The fourth-order valence-electron chi connectivity index (χ4n) is 2.13. The van der Waals surface area contributed by atoms with Crippen molar-refractivity contribution in [3.05, 3.63) is 22.9 Å². The maximum absolute atomic E-state index is 12.1. The average Bonchev–Trinajstić information content (AvgIpc) is 2.70. The summed E-state index contributed by atoms with van der Waals surface area (Å²) in [7, 11) is 0. The number of carbonyl (C=O) groups excluding carboxylic acids is 1. The minimum Gasteiger partial charge on any atom is -0.324 e. The Morgan fingerprint density at radius 1 is 1.50 bits per heavy atom. The van der Waals surface area contributed by atoms with Crippen molar-refractivity contribution in [1.29, 1.82) is 0 Å². The number of amides is 1. The topological polar surface area (TPSA) is 42.0 Å². The van der Waals surface area contributed by atoms with E-state index in [1.165, 1.54) is 0 Å². The van der Waals surface area contributed by atoms with Crippen LogP contribution in [0.25, 0.3) is 0 Å². The first kappa shape index (κ1) is 11.6. The SMILES string of the molecule is CC1(C(=O)Nc2ccncc2Br)CCCC1. The average molecular weight is 283 g/mol. The first-order valence-electron chi connectivity index (χ1n) is 5.53. The van der Waals surface area contributed by atoms with Crippen LogP contribution in [0.1, 0.15) is 32.6 Å². The summed E-state index contributed by atoms with van der Waals surface area (Å²) in [6.07, 6.45) is 7.65. The van der Waals surface area contributed by atoms with Crippen LogP contribution in [0.5, 0.6) is 0 Å². The van der Waals surface area contributed by atoms with E-state index in [0.29, 0.717) is 0 Å². The molecule has 16 heavy (non-hydrogen) atoms. The molecule has 0 spiro atoms. The zero-order valence-corrected chi connectivity index (χ0v) is 10.9. The fourth-order valence-corrected chi connectivity index (χ4v) is 2.48. The molecule has 0 bridgehead atoms. The van der Waals surface area contributed by atoms with E-state index in [9.17, 15) is 4.79 Å². The minimum absolute atomic E-state index is 0.122. The summed E-state index contributed by atoms with van der Waals surface area (Å²) in [5, 5.41) is 2.97. The molecule has 0 aromatic carbocycles. The number of anilines is 1. The number of halogens is 1. The van der Waals surface area contributed by atoms with Gasteiger partial charge in [0.15, 0.2) is 0 Å². The van der Waals surface area contributed by atoms with Crippen molar-refractivity contribution in [2.75, 3.05) is 5.32 Å². The first-order chi connectivity index (χ1) is 7.62. The number of hydrogen-bond acceptors (Lipinski definition) is 2. The summed E-state index contributed by atoms with van der Waals surface area (Å²) in [4.78, 5) is 16.1. The molecule has 0 radical (unpaired) electrons. The number of nitrogens with one attached hydrogen (secondary N) is 1. The number of aromatic nitrogens is 1. The predicted octanol–water partition coefficient (Wildman–Crippen LogP) is 3.36. The molecule has 0 aliphatic heterocycles. The second-order valence-electron chi connectivity index (χ2n) is 4.58. The van der Waals surface area contributed by atoms with E-state index in [-0.39, 0.29) is 11.3 Å². The number of pyridine rings is 1. The Bertz CT molecular complexity index is 400. The Hall–Kier alpha value is -0.900. The minimum atomic E-state index is -0.192. The van der Waals surface area contributed by atoms with Gasteiger partial charge in [-0.2, -0.15) is 0 Å². The van der Waals surface area contributed by atoms with Gasteiger partial charge in [0.05, 0.1) is 10.2 Å². The summed E-state index contributed by atoms with van der Waals surface area (Å²) in [6.45, 7) is 2.05. The van der Waals surface area contributed by atoms with Gasteiger partial charge in [0.1, 0.15) is 0 Å². The normalized spacial score (nSPS) is 18.4. The second-order valence-corrected chi connectivity index (χ2v) is 5.43. The number of hydrogen-bond donors (Lipinski definition) is 1. The van der Waals surface area contributed by atoms with Crippen LogP contribution < -0.4 is 5.32 Å². The largest absolute Gasteiger partial charge is 0.324 e. The summed E-state index contributed by atoms with van der Waals surface area (Å²) in [6, 6.07) is 1.81. The molecule has 1 aliphatic rings. The molecule has 1 aliphatic carbocycles. The predicted molar refractivity (Wildman–Crippen MR) is 67.1 cm³/mol. The molecule has 0 atom stereocenters. The highest BCUT2D eigenvalue weighted by atomic mass is 79.9. The van der Waals surface area contributed by atoms with Crippen LogP contribution in [-0.4, -0.2) is 10.9 Å². The zero-order chi connectivity index (χ0) is 11.6. The van der Waals surface area contributed by atoms with Crippen LogP contribution in [0.3, 0.4) is 0 Å². The zero-order valence-electron chi connectivity index (χ0n) is 9.29. The fraction of sp³-hybridized carbons (Fsp3) is 0.500. The van der Waals surface area contributed by atoms with Gasteiger partial charge < -0.3 is 5.32 Å². The van der Waals surface area contributed by atoms with Crippen molar-refractivity contribution in [1.82, 2.24) is 4.98 Å². The lowest BCUT2D eigenvalue weighted by molar-refractivity contribution is -0.124. The molecule has 1 saturated carbocycles. The highest BCUT2D eigenvalue weighted by Crippen LogP contribution is 2.38. The van der Waals surface area contributed by atoms with Gasteiger partial charge in [-0.15, -0.1) is 0 Å². The Morgan fingerprint density at radius 3 is 2.81 bits per heavy atom. The number of nitrogens with zero attached hydrogens (tertiary/aromatic N) is 1. The van der Waals surface area contributed by atoms with E-state index in [4.69, 9.17) is 0 Å². The van der Waals surface area contributed by atoms with Crippen molar-refractivity contribution in [2.45, 2.75) is 32.6 Å². The third kappa shape index (κ3) is 2.26. The van der Waals surface area contributed by atoms with Gasteiger partial charge in [-0.25, -0.2) is 0 Å². The van der Waals surface area contributed by atoms with Gasteiger partial charge in [-0.3, -0.25) is 9.78 Å². The van der Waals surface area contributed by atoms with E-state index in [2.05, 4.69) is 26.2 Å². The Balaban J connectivity index is 2.10. The Morgan fingerprint density at radius 2 is 2.19 bits per heavy atom. The molecule has 1 amide bonds. The van der Waals surface area contributed by atoms with E-state index in [1.807, 2.05) is 6.92 Å². The van der Waals surface area contributed by atoms with E-state index in [1.54, 1.807) is 18.5 Å². The molecule has 0 unspecified atom stereocenters. The van der Waals surface area contributed by atoms with Crippen molar-refractivity contribution in [3.8, 4) is 0 Å². The van der Waals surface area contributed by atoms with Crippen molar-refractivity contribution in [2.24, 2.45) is 5.41 Å². The molecule has 2 rings (SSSR count). The Kier molecular flexibility index (Phi) is 3.28. The lowest BCUT2D eigenvalue weighted by Gasteiger charge is -2.22. The van der Waals surface area contributed by atoms with Gasteiger partial charge in [0.25, 0.3) is 0 Å². The summed E-state index contributed by atoms with van der Waals surface area (Å²) in [5.74, 6) is 0.122. The van der Waals surface area contributed by atoms with Gasteiger partial charge in [0, 0.05) is 17.8 Å². The van der Waals surface area contributed by atoms with E-state index < -0.39 is 0 Å². The number of carbonyl (C=O) groups is 1. The molecular weight excluding hydrogens is 268 g/mol. The van der Waals surface area contributed by atoms with Gasteiger partial charge in [-0.05, 0) is 34.8 Å². The standard InChI is InChI=1S/C12H15BrN2O/c1-12(5-2-3-6-12)11(16)15-10-4-7-14-8-9(10)13/h4,7-8H,2-3,5-6H2,1H3,(H,14,15,16). The highest BCUT2D eigenvalue weighted by molar-refractivity contribution is 9.10. The lowest BCUT2D eigenvalue weighted by Crippen LogP contribution is -2.30. The third-order valence-electron chi connectivity index (χ3n) is 3.28. The Labute approximate surface area is 104 Å². The maximum Gasteiger partial charge on any atom is 0.230 e. The van der Waals surface area contributed by atoms with Crippen molar-refractivity contribution >= 4 is 27.5 Å². The van der Waals surface area contributed by atoms with Gasteiger partial charge in [-0.1, -0.05) is 19.8 Å². The lowest BCUT2D eigenvalue weighted by atomic mass is 9.88. The van der Waals surface area contributed by atoms with Crippen LogP contribution in [0.2, 0.25) is 0 Å². The molecule has 3 nitrogen and oxygen atoms in total. The summed E-state index contributed by atoms with van der Waals surface area (Å²) < 4.78 is 0.824. The highest BCUT2D eigenvalue weighted by Gasteiger charge is 2.36. The van der Waals surface area contributed by atoms with Gasteiger partial charge in [0.2, 0.25) is 5.91 Å². The van der Waals surface area contributed by atoms with E-state index >= 15 is 0 Å². The molecular formula is C12H15BrN2O. The molecule has 1 aromatic rings. The van der Waals surface area contributed by atoms with Crippen LogP contribution >= 0.6 is 15.9 Å². The first-order valence-corrected chi connectivity index (χ1v) is 6.32. The molecule has 0 saturated heterocycles. The van der Waals surface area contributed by atoms with Crippen LogP contribution in [-0.2, 0) is 4.79 Å². The van der Waals surface area contributed by atoms with E-state index in [0.717, 1.165) is 35.8 Å². The quantitative estimate of drug-likeness (QED) is 0.904. The molecule has 1 fully saturated rings. The van der Waals surface area contributed by atoms with Crippen molar-refractivity contribution in [3.63, 3.8) is 0 Å². The van der Waals surface area contributed by atoms with Crippen LogP contribution in [0.4, 0.5) is 5.69 Å². The smallest absolute Gasteiger partial charge is 0.230 e. The monoisotopic (exact) mass is 282 g/mol. The van der Waals surface area contributed by atoms with Crippen LogP contribution in [0, 0.1) is 5.41 Å². The molecule has 86 valence electrons.